The van der Waals surface area contributed by atoms with Crippen LogP contribution in [-0.2, 0) is 0 Å². The number of aliphatic imine (C=N–C) groups is 1. The lowest BCUT2D eigenvalue weighted by atomic mass is 9.76. The van der Waals surface area contributed by atoms with Gasteiger partial charge in [0.05, 0.1) is 5.84 Å². The second-order valence-corrected chi connectivity index (χ2v) is 5.04. The summed E-state index contributed by atoms with van der Waals surface area (Å²) in [5.74, 6) is 2.93. The number of amidine groups is 1. The molecular formula is C12H22N2. The highest BCUT2D eigenvalue weighted by atomic mass is 15.0. The highest BCUT2D eigenvalue weighted by molar-refractivity contribution is 5.83. The maximum absolute atomic E-state index is 4.50. The van der Waals surface area contributed by atoms with Gasteiger partial charge in [0, 0.05) is 19.0 Å². The second-order valence-electron chi connectivity index (χ2n) is 5.04. The first-order valence-electron chi connectivity index (χ1n) is 6.07. The molecule has 1 unspecified atom stereocenters. The van der Waals surface area contributed by atoms with E-state index in [1.807, 2.05) is 0 Å². The molecule has 80 valence electrons. The van der Waals surface area contributed by atoms with Gasteiger partial charge in [0.2, 0.25) is 0 Å². The molecule has 2 nitrogen and oxygen atoms in total. The minimum Gasteiger partial charge on any atom is -0.371 e. The van der Waals surface area contributed by atoms with Gasteiger partial charge in [-0.05, 0) is 31.1 Å². The first-order chi connectivity index (χ1) is 6.77. The van der Waals surface area contributed by atoms with Crippen LogP contribution < -0.4 is 5.32 Å². The van der Waals surface area contributed by atoms with E-state index in [1.54, 1.807) is 0 Å². The van der Waals surface area contributed by atoms with E-state index in [9.17, 15) is 0 Å². The largest absolute Gasteiger partial charge is 0.371 e. The standard InChI is InChI=1S/C12H22N2/c1-9(2)12(10-5-3-6-10)14-11-7-4-8-13-11/h9-10,12H,3-8H2,1-2H3,(H,13,14). The summed E-state index contributed by atoms with van der Waals surface area (Å²) in [7, 11) is 0. The highest BCUT2D eigenvalue weighted by Gasteiger charge is 2.30. The summed E-state index contributed by atoms with van der Waals surface area (Å²) in [5.41, 5.74) is 0. The first-order valence-corrected chi connectivity index (χ1v) is 6.07. The Kier molecular flexibility index (Phi) is 3.09. The van der Waals surface area contributed by atoms with Gasteiger partial charge in [0.25, 0.3) is 0 Å². The van der Waals surface area contributed by atoms with Crippen molar-refractivity contribution in [3.8, 4) is 0 Å². The van der Waals surface area contributed by atoms with Crippen molar-refractivity contribution in [3.63, 3.8) is 0 Å². The Morgan fingerprint density at radius 2 is 2.07 bits per heavy atom. The monoisotopic (exact) mass is 194 g/mol. The van der Waals surface area contributed by atoms with E-state index in [4.69, 9.17) is 0 Å². The Morgan fingerprint density at radius 1 is 1.29 bits per heavy atom. The van der Waals surface area contributed by atoms with Gasteiger partial charge in [0.15, 0.2) is 0 Å². The quantitative estimate of drug-likeness (QED) is 0.733. The molecule has 1 N–H and O–H groups in total. The van der Waals surface area contributed by atoms with Gasteiger partial charge in [-0.3, -0.25) is 4.99 Å². The van der Waals surface area contributed by atoms with Crippen LogP contribution in [0.3, 0.4) is 0 Å². The Hall–Kier alpha value is -0.530. The van der Waals surface area contributed by atoms with Crippen molar-refractivity contribution in [2.24, 2.45) is 16.8 Å². The van der Waals surface area contributed by atoms with Crippen molar-refractivity contribution < 1.29 is 0 Å². The van der Waals surface area contributed by atoms with Crippen LogP contribution in [0, 0.1) is 11.8 Å². The minimum absolute atomic E-state index is 0.681. The number of nitrogens with zero attached hydrogens (tertiary/aromatic N) is 1. The number of nitrogens with one attached hydrogen (secondary N) is 1. The third kappa shape index (κ3) is 2.10. The molecule has 0 amide bonds. The molecule has 2 rings (SSSR count). The SMILES string of the molecule is CC(C)C(NC1=NCCC1)C1CCC1. The van der Waals surface area contributed by atoms with Gasteiger partial charge in [-0.25, -0.2) is 0 Å². The molecule has 0 aromatic carbocycles. The van der Waals surface area contributed by atoms with Crippen LogP contribution in [0.4, 0.5) is 0 Å². The molecule has 1 atom stereocenters. The molecule has 2 aliphatic rings. The molecule has 1 heterocycles. The molecule has 0 saturated heterocycles. The normalized spacial score (nSPS) is 24.6. The smallest absolute Gasteiger partial charge is 0.0966 e. The molecular weight excluding hydrogens is 172 g/mol. The van der Waals surface area contributed by atoms with Crippen LogP contribution in [0.2, 0.25) is 0 Å². The average Bonchev–Trinajstić information content (AvgIpc) is 2.52. The fourth-order valence-corrected chi connectivity index (χ4v) is 2.48. The van der Waals surface area contributed by atoms with Crippen LogP contribution in [0.25, 0.3) is 0 Å². The number of hydrogen-bond acceptors (Lipinski definition) is 2. The molecule has 0 bridgehead atoms. The molecule has 14 heavy (non-hydrogen) atoms. The van der Waals surface area contributed by atoms with Gasteiger partial charge in [0.1, 0.15) is 0 Å². The summed E-state index contributed by atoms with van der Waals surface area (Å²) in [4.78, 5) is 4.50. The van der Waals surface area contributed by atoms with E-state index < -0.39 is 0 Å². The van der Waals surface area contributed by atoms with Crippen molar-refractivity contribution in [2.45, 2.75) is 52.0 Å². The summed E-state index contributed by atoms with van der Waals surface area (Å²) < 4.78 is 0. The van der Waals surface area contributed by atoms with E-state index in [0.717, 1.165) is 18.4 Å². The third-order valence-electron chi connectivity index (χ3n) is 3.58. The molecule has 1 fully saturated rings. The van der Waals surface area contributed by atoms with Gasteiger partial charge < -0.3 is 5.32 Å². The second kappa shape index (κ2) is 4.33. The summed E-state index contributed by atoms with van der Waals surface area (Å²) in [5, 5.41) is 3.67. The fourth-order valence-electron chi connectivity index (χ4n) is 2.48. The van der Waals surface area contributed by atoms with Gasteiger partial charge in [-0.2, -0.15) is 0 Å². The molecule has 1 saturated carbocycles. The number of rotatable bonds is 3. The van der Waals surface area contributed by atoms with E-state index in [1.165, 1.54) is 37.9 Å². The molecule has 0 aromatic rings. The Balaban J connectivity index is 1.89. The molecule has 1 aliphatic carbocycles. The molecule has 0 aromatic heterocycles. The minimum atomic E-state index is 0.681. The lowest BCUT2D eigenvalue weighted by molar-refractivity contribution is 0.206. The number of hydrogen-bond donors (Lipinski definition) is 1. The Labute approximate surface area is 87.2 Å². The zero-order chi connectivity index (χ0) is 9.97. The van der Waals surface area contributed by atoms with Crippen molar-refractivity contribution in [1.29, 1.82) is 0 Å². The van der Waals surface area contributed by atoms with Crippen molar-refractivity contribution in [3.05, 3.63) is 0 Å². The Morgan fingerprint density at radius 3 is 2.50 bits per heavy atom. The summed E-state index contributed by atoms with van der Waals surface area (Å²) >= 11 is 0. The van der Waals surface area contributed by atoms with Crippen LogP contribution in [0.5, 0.6) is 0 Å². The fraction of sp³-hybridized carbons (Fsp3) is 0.917. The van der Waals surface area contributed by atoms with Crippen LogP contribution in [0.1, 0.15) is 46.0 Å². The lowest BCUT2D eigenvalue weighted by Gasteiger charge is -2.37. The molecule has 1 aliphatic heterocycles. The topological polar surface area (TPSA) is 24.4 Å². The maximum Gasteiger partial charge on any atom is 0.0966 e. The van der Waals surface area contributed by atoms with Gasteiger partial charge in [-0.1, -0.05) is 20.3 Å². The third-order valence-corrected chi connectivity index (χ3v) is 3.58. The van der Waals surface area contributed by atoms with E-state index in [2.05, 4.69) is 24.2 Å². The summed E-state index contributed by atoms with van der Waals surface area (Å²) in [6.07, 6.45) is 6.70. The van der Waals surface area contributed by atoms with Crippen LogP contribution in [-0.4, -0.2) is 18.4 Å². The predicted octanol–water partition coefficient (Wildman–Crippen LogP) is 2.59. The Bertz CT molecular complexity index is 216. The zero-order valence-corrected chi connectivity index (χ0v) is 9.42. The summed E-state index contributed by atoms with van der Waals surface area (Å²) in [6.45, 7) is 5.69. The van der Waals surface area contributed by atoms with E-state index in [-0.39, 0.29) is 0 Å². The average molecular weight is 194 g/mol. The lowest BCUT2D eigenvalue weighted by Crippen LogP contribution is -2.45. The van der Waals surface area contributed by atoms with Crippen LogP contribution >= 0.6 is 0 Å². The van der Waals surface area contributed by atoms with Crippen LogP contribution in [0.15, 0.2) is 4.99 Å². The van der Waals surface area contributed by atoms with Gasteiger partial charge >= 0.3 is 0 Å². The zero-order valence-electron chi connectivity index (χ0n) is 9.42. The molecule has 0 spiro atoms. The highest BCUT2D eigenvalue weighted by Crippen LogP contribution is 2.32. The van der Waals surface area contributed by atoms with Crippen molar-refractivity contribution >= 4 is 5.84 Å². The maximum atomic E-state index is 4.50. The first kappa shape index (κ1) is 10.0. The van der Waals surface area contributed by atoms with Gasteiger partial charge in [-0.15, -0.1) is 0 Å². The predicted molar refractivity (Wildman–Crippen MR) is 60.6 cm³/mol. The molecule has 0 radical (unpaired) electrons. The van der Waals surface area contributed by atoms with E-state index >= 15 is 0 Å². The van der Waals surface area contributed by atoms with Crippen molar-refractivity contribution in [2.75, 3.05) is 6.54 Å². The van der Waals surface area contributed by atoms with Crippen molar-refractivity contribution in [1.82, 2.24) is 5.32 Å². The van der Waals surface area contributed by atoms with E-state index in [0.29, 0.717) is 6.04 Å². The molecule has 2 heteroatoms. The summed E-state index contributed by atoms with van der Waals surface area (Å²) in [6, 6.07) is 0.681.